The number of benzene rings is 1. The minimum atomic E-state index is -0.450. The Hall–Kier alpha value is -2.98. The third-order valence-electron chi connectivity index (χ3n) is 3.74. The molecule has 1 N–H and O–H groups in total. The zero-order chi connectivity index (χ0) is 19.9. The second kappa shape index (κ2) is 9.29. The predicted molar refractivity (Wildman–Crippen MR) is 109 cm³/mol. The summed E-state index contributed by atoms with van der Waals surface area (Å²) in [5, 5.41) is 24.6. The summed E-state index contributed by atoms with van der Waals surface area (Å²) in [5.74, 6) is 0.681. The van der Waals surface area contributed by atoms with Crippen LogP contribution in [0.3, 0.4) is 0 Å². The van der Waals surface area contributed by atoms with Gasteiger partial charge in [-0.15, -0.1) is 28.1 Å². The average molecular weight is 416 g/mol. The van der Waals surface area contributed by atoms with E-state index in [0.29, 0.717) is 29.6 Å². The van der Waals surface area contributed by atoms with Crippen molar-refractivity contribution in [2.75, 3.05) is 5.75 Å². The lowest BCUT2D eigenvalue weighted by Crippen LogP contribution is -2.24. The van der Waals surface area contributed by atoms with Crippen molar-refractivity contribution in [1.29, 1.82) is 0 Å². The Labute approximate surface area is 169 Å². The Morgan fingerprint density at radius 1 is 1.32 bits per heavy atom. The van der Waals surface area contributed by atoms with Gasteiger partial charge in [0.25, 0.3) is 5.69 Å². The van der Waals surface area contributed by atoms with E-state index in [-0.39, 0.29) is 17.3 Å². The van der Waals surface area contributed by atoms with Gasteiger partial charge >= 0.3 is 0 Å². The molecule has 2 aromatic heterocycles. The van der Waals surface area contributed by atoms with Gasteiger partial charge in [-0.25, -0.2) is 0 Å². The summed E-state index contributed by atoms with van der Waals surface area (Å²) in [6.45, 7) is 4.71. The number of nitro benzene ring substituents is 1. The predicted octanol–water partition coefficient (Wildman–Crippen LogP) is 3.51. The molecule has 0 atom stereocenters. The molecule has 3 aromatic rings. The normalized spacial score (nSPS) is 10.6. The fourth-order valence-electron chi connectivity index (χ4n) is 2.41. The fraction of sp³-hybridized carbons (Fsp3) is 0.167. The first-order valence-electron chi connectivity index (χ1n) is 8.29. The molecule has 0 spiro atoms. The van der Waals surface area contributed by atoms with Gasteiger partial charge in [0.15, 0.2) is 11.0 Å². The summed E-state index contributed by atoms with van der Waals surface area (Å²) in [5.41, 5.74) is 0.712. The molecule has 0 saturated heterocycles. The molecule has 0 unspecified atom stereocenters. The zero-order valence-electron chi connectivity index (χ0n) is 14.8. The fourth-order valence-corrected chi connectivity index (χ4v) is 3.84. The summed E-state index contributed by atoms with van der Waals surface area (Å²) in [7, 11) is 0. The van der Waals surface area contributed by atoms with Crippen LogP contribution in [-0.4, -0.2) is 31.3 Å². The number of carbonyl (C=O) groups is 1. The number of hydrogen-bond donors (Lipinski definition) is 1. The second-order valence-corrected chi connectivity index (χ2v) is 7.63. The molecule has 0 aliphatic heterocycles. The van der Waals surface area contributed by atoms with Crippen LogP contribution in [-0.2, 0) is 17.9 Å². The molecular formula is C18H17N5O3S2. The van der Waals surface area contributed by atoms with Crippen molar-refractivity contribution in [3.05, 3.63) is 69.4 Å². The van der Waals surface area contributed by atoms with Gasteiger partial charge in [-0.2, -0.15) is 0 Å². The van der Waals surface area contributed by atoms with E-state index in [4.69, 9.17) is 0 Å². The highest BCUT2D eigenvalue weighted by Crippen LogP contribution is 2.25. The Balaban J connectivity index is 1.68. The van der Waals surface area contributed by atoms with E-state index in [2.05, 4.69) is 22.1 Å². The highest BCUT2D eigenvalue weighted by molar-refractivity contribution is 7.99. The maximum atomic E-state index is 12.1. The number of nitrogens with zero attached hydrogens (tertiary/aromatic N) is 4. The van der Waals surface area contributed by atoms with Crippen molar-refractivity contribution in [1.82, 2.24) is 20.1 Å². The smallest absolute Gasteiger partial charge is 0.269 e. The number of rotatable bonds is 9. The third kappa shape index (κ3) is 4.84. The molecule has 2 heterocycles. The van der Waals surface area contributed by atoms with Crippen LogP contribution < -0.4 is 5.32 Å². The zero-order valence-corrected chi connectivity index (χ0v) is 16.4. The van der Waals surface area contributed by atoms with E-state index >= 15 is 0 Å². The number of non-ortho nitro benzene ring substituents is 1. The highest BCUT2D eigenvalue weighted by atomic mass is 32.2. The van der Waals surface area contributed by atoms with Crippen molar-refractivity contribution in [3.8, 4) is 11.4 Å². The Bertz CT molecular complexity index is 968. The van der Waals surface area contributed by atoms with Crippen LogP contribution in [0.5, 0.6) is 0 Å². The SMILES string of the molecule is C=CCn1c(SCC(=O)NCc2cccs2)nnc1-c1ccc([N+](=O)[O-])cc1. The number of hydrogen-bond acceptors (Lipinski definition) is 7. The molecule has 10 heteroatoms. The maximum absolute atomic E-state index is 12.1. The van der Waals surface area contributed by atoms with Gasteiger partial charge in [-0.1, -0.05) is 23.9 Å². The van der Waals surface area contributed by atoms with Crippen molar-refractivity contribution in [2.45, 2.75) is 18.2 Å². The largest absolute Gasteiger partial charge is 0.350 e. The van der Waals surface area contributed by atoms with Crippen molar-refractivity contribution in [3.63, 3.8) is 0 Å². The van der Waals surface area contributed by atoms with Crippen LogP contribution in [0.15, 0.2) is 59.6 Å². The van der Waals surface area contributed by atoms with E-state index in [1.165, 1.54) is 23.9 Å². The number of thioether (sulfide) groups is 1. The number of allylic oxidation sites excluding steroid dienone is 1. The number of carbonyl (C=O) groups excluding carboxylic acids is 1. The van der Waals surface area contributed by atoms with E-state index in [9.17, 15) is 14.9 Å². The lowest BCUT2D eigenvalue weighted by atomic mass is 10.2. The first-order valence-corrected chi connectivity index (χ1v) is 10.2. The Kier molecular flexibility index (Phi) is 6.56. The first-order chi connectivity index (χ1) is 13.6. The van der Waals surface area contributed by atoms with Gasteiger partial charge in [0, 0.05) is 29.1 Å². The maximum Gasteiger partial charge on any atom is 0.269 e. The molecule has 1 aromatic carbocycles. The summed E-state index contributed by atoms with van der Waals surface area (Å²) in [4.78, 5) is 23.5. The average Bonchev–Trinajstić information content (AvgIpc) is 3.35. The molecule has 1 amide bonds. The van der Waals surface area contributed by atoms with Crippen molar-refractivity contribution in [2.24, 2.45) is 0 Å². The van der Waals surface area contributed by atoms with E-state index in [1.807, 2.05) is 22.1 Å². The molecule has 28 heavy (non-hydrogen) atoms. The molecule has 0 aliphatic carbocycles. The minimum absolute atomic E-state index is 0.00977. The number of nitrogens with one attached hydrogen (secondary N) is 1. The van der Waals surface area contributed by atoms with Crippen LogP contribution >= 0.6 is 23.1 Å². The lowest BCUT2D eigenvalue weighted by molar-refractivity contribution is -0.384. The number of thiophene rings is 1. The summed E-state index contributed by atoms with van der Waals surface area (Å²) in [6, 6.07) is 10.0. The van der Waals surface area contributed by atoms with Gasteiger partial charge in [0.05, 0.1) is 17.2 Å². The number of aromatic nitrogens is 3. The van der Waals surface area contributed by atoms with E-state index < -0.39 is 4.92 Å². The van der Waals surface area contributed by atoms with Gasteiger partial charge < -0.3 is 5.32 Å². The summed E-state index contributed by atoms with van der Waals surface area (Å²) in [6.07, 6.45) is 1.71. The molecule has 0 saturated carbocycles. The number of nitro groups is 1. The second-order valence-electron chi connectivity index (χ2n) is 5.65. The highest BCUT2D eigenvalue weighted by Gasteiger charge is 2.16. The van der Waals surface area contributed by atoms with Gasteiger partial charge in [0.1, 0.15) is 0 Å². The lowest BCUT2D eigenvalue weighted by Gasteiger charge is -2.08. The van der Waals surface area contributed by atoms with E-state index in [0.717, 1.165) is 4.88 Å². The molecular weight excluding hydrogens is 398 g/mol. The van der Waals surface area contributed by atoms with E-state index in [1.54, 1.807) is 29.5 Å². The van der Waals surface area contributed by atoms with Crippen LogP contribution in [0.4, 0.5) is 5.69 Å². The molecule has 144 valence electrons. The molecule has 3 rings (SSSR count). The number of amides is 1. The summed E-state index contributed by atoms with van der Waals surface area (Å²) >= 11 is 2.87. The van der Waals surface area contributed by atoms with Gasteiger partial charge in [-0.3, -0.25) is 19.5 Å². The minimum Gasteiger partial charge on any atom is -0.350 e. The van der Waals surface area contributed by atoms with Crippen LogP contribution in [0.2, 0.25) is 0 Å². The Morgan fingerprint density at radius 3 is 2.75 bits per heavy atom. The Morgan fingerprint density at radius 2 is 2.11 bits per heavy atom. The molecule has 0 radical (unpaired) electrons. The summed E-state index contributed by atoms with van der Waals surface area (Å²) < 4.78 is 1.82. The topological polar surface area (TPSA) is 103 Å². The first kappa shape index (κ1) is 19.8. The molecule has 8 nitrogen and oxygen atoms in total. The van der Waals surface area contributed by atoms with Gasteiger partial charge in [-0.05, 0) is 23.6 Å². The van der Waals surface area contributed by atoms with Crippen LogP contribution in [0, 0.1) is 10.1 Å². The monoisotopic (exact) mass is 415 g/mol. The van der Waals surface area contributed by atoms with Crippen molar-refractivity contribution < 1.29 is 9.72 Å². The van der Waals surface area contributed by atoms with Crippen LogP contribution in [0.25, 0.3) is 11.4 Å². The quantitative estimate of drug-likeness (QED) is 0.248. The molecule has 0 fully saturated rings. The third-order valence-corrected chi connectivity index (χ3v) is 5.58. The van der Waals surface area contributed by atoms with Gasteiger partial charge in [0.2, 0.25) is 5.91 Å². The molecule has 0 bridgehead atoms. The molecule has 0 aliphatic rings. The van der Waals surface area contributed by atoms with Crippen LogP contribution in [0.1, 0.15) is 4.88 Å². The standard InChI is InChI=1S/C18H17N5O3S2/c1-2-9-22-17(13-5-7-14(8-6-13)23(25)26)20-21-18(22)28-12-16(24)19-11-15-4-3-10-27-15/h2-8,10H,1,9,11-12H2,(H,19,24). The van der Waals surface area contributed by atoms with Crippen molar-refractivity contribution >= 4 is 34.7 Å².